The van der Waals surface area contributed by atoms with Gasteiger partial charge >= 0.3 is 5.97 Å². The van der Waals surface area contributed by atoms with E-state index in [4.69, 9.17) is 26.8 Å². The molecule has 0 radical (unpaired) electrons. The van der Waals surface area contributed by atoms with Gasteiger partial charge in [0, 0.05) is 16.9 Å². The third-order valence-corrected chi connectivity index (χ3v) is 3.62. The molecule has 0 aliphatic carbocycles. The number of pyridine rings is 1. The van der Waals surface area contributed by atoms with Crippen LogP contribution in [0.1, 0.15) is 10.4 Å². The zero-order chi connectivity index (χ0) is 17.0. The summed E-state index contributed by atoms with van der Waals surface area (Å²) in [7, 11) is 0. The molecule has 118 valence electrons. The van der Waals surface area contributed by atoms with Crippen molar-refractivity contribution in [2.24, 2.45) is 5.34 Å². The number of aromatic nitrogens is 4. The van der Waals surface area contributed by atoms with E-state index in [-0.39, 0.29) is 5.56 Å². The topological polar surface area (TPSA) is 131 Å². The number of aromatic carboxylic acids is 1. The third kappa shape index (κ3) is 3.43. The highest BCUT2D eigenvalue weighted by Crippen LogP contribution is 2.31. The van der Waals surface area contributed by atoms with E-state index in [0.29, 0.717) is 26.5 Å². The van der Waals surface area contributed by atoms with Crippen LogP contribution < -0.4 is 0 Å². The lowest BCUT2D eigenvalue weighted by molar-refractivity contribution is 0.0696. The van der Waals surface area contributed by atoms with E-state index in [2.05, 4.69) is 30.9 Å². The molecule has 3 aromatic heterocycles. The molecule has 0 saturated heterocycles. The quantitative estimate of drug-likeness (QED) is 0.384. The molecule has 0 atom stereocenters. The average molecular weight is 401 g/mol. The Morgan fingerprint density at radius 2 is 2.04 bits per heavy atom. The van der Waals surface area contributed by atoms with Crippen LogP contribution in [0.5, 0.6) is 0 Å². The van der Waals surface area contributed by atoms with Gasteiger partial charge in [0.25, 0.3) is 0 Å². The maximum atomic E-state index is 11.0. The van der Waals surface area contributed by atoms with Gasteiger partial charge in [-0.25, -0.2) is 19.7 Å². The van der Waals surface area contributed by atoms with Gasteiger partial charge in [0.2, 0.25) is 0 Å². The van der Waals surface area contributed by atoms with Crippen LogP contribution in [0.3, 0.4) is 0 Å². The fraction of sp³-hybridized carbons (Fsp3) is 0. The van der Waals surface area contributed by atoms with Crippen LogP contribution in [0.25, 0.3) is 16.9 Å². The van der Waals surface area contributed by atoms with Gasteiger partial charge in [-0.1, -0.05) is 11.6 Å². The van der Waals surface area contributed by atoms with E-state index in [1.54, 1.807) is 10.8 Å². The van der Waals surface area contributed by atoms with Gasteiger partial charge in [-0.15, -0.1) is 4.91 Å². The average Bonchev–Trinajstić information content (AvgIpc) is 2.87. The largest absolute Gasteiger partial charge is 0.478 e. The van der Waals surface area contributed by atoms with Gasteiger partial charge in [0.05, 0.1) is 10.9 Å². The number of halogens is 2. The van der Waals surface area contributed by atoms with Crippen LogP contribution in [-0.4, -0.2) is 35.8 Å². The minimum absolute atomic E-state index is 0.146. The van der Waals surface area contributed by atoms with Crippen LogP contribution in [0, 0.1) is 4.91 Å². The molecular formula is C12H7BrClN5O4. The van der Waals surface area contributed by atoms with Crippen molar-refractivity contribution in [1.82, 2.24) is 19.5 Å². The maximum absolute atomic E-state index is 11.0. The number of hydrogen-bond acceptors (Lipinski definition) is 6. The molecule has 0 amide bonds. The van der Waals surface area contributed by atoms with Crippen molar-refractivity contribution in [2.75, 3.05) is 0 Å². The fourth-order valence-electron chi connectivity index (χ4n) is 1.84. The second-order valence-electron chi connectivity index (χ2n) is 4.00. The number of carboxylic acids is 1. The Balaban J connectivity index is 0.000000595. The first-order chi connectivity index (χ1) is 11.0. The van der Waals surface area contributed by atoms with E-state index in [1.165, 1.54) is 30.0 Å². The zero-order valence-corrected chi connectivity index (χ0v) is 13.4. The van der Waals surface area contributed by atoms with Gasteiger partial charge in [-0.3, -0.25) is 4.57 Å². The molecule has 23 heavy (non-hydrogen) atoms. The molecule has 0 unspecified atom stereocenters. The zero-order valence-electron chi connectivity index (χ0n) is 11.1. The number of rotatable bonds is 2. The minimum atomic E-state index is -1.02. The van der Waals surface area contributed by atoms with Gasteiger partial charge in [0.1, 0.15) is 17.3 Å². The fourth-order valence-corrected chi connectivity index (χ4v) is 2.75. The van der Waals surface area contributed by atoms with Crippen LogP contribution in [0.4, 0.5) is 0 Å². The van der Waals surface area contributed by atoms with Gasteiger partial charge in [0.15, 0.2) is 11.0 Å². The number of hydrogen-bond donors (Lipinski definition) is 2. The first-order valence-corrected chi connectivity index (χ1v) is 7.00. The van der Waals surface area contributed by atoms with E-state index < -0.39 is 5.97 Å². The van der Waals surface area contributed by atoms with E-state index in [1.807, 2.05) is 0 Å². The molecule has 3 heterocycles. The summed E-state index contributed by atoms with van der Waals surface area (Å²) in [5.74, 6) is -0.577. The molecule has 0 fully saturated rings. The summed E-state index contributed by atoms with van der Waals surface area (Å²) in [5.41, 5.74) is 0.694. The highest BCUT2D eigenvalue weighted by molar-refractivity contribution is 9.10. The normalized spacial score (nSPS) is 10.0. The predicted octanol–water partition coefficient (Wildman–Crippen LogP) is 3.07. The number of fused-ring (bicyclic) bond motifs is 1. The molecule has 3 rings (SSSR count). The van der Waals surface area contributed by atoms with E-state index in [9.17, 15) is 4.79 Å². The Morgan fingerprint density at radius 3 is 2.70 bits per heavy atom. The van der Waals surface area contributed by atoms with E-state index in [0.717, 1.165) is 0 Å². The van der Waals surface area contributed by atoms with Crippen molar-refractivity contribution in [2.45, 2.75) is 0 Å². The summed E-state index contributed by atoms with van der Waals surface area (Å²) < 4.78 is 2.36. The Morgan fingerprint density at radius 1 is 1.35 bits per heavy atom. The van der Waals surface area contributed by atoms with Crippen molar-refractivity contribution in [3.05, 3.63) is 51.0 Å². The molecule has 3 aromatic rings. The van der Waals surface area contributed by atoms with Gasteiger partial charge in [-0.2, -0.15) is 0 Å². The van der Waals surface area contributed by atoms with Gasteiger partial charge < -0.3 is 10.3 Å². The Kier molecular flexibility index (Phi) is 5.19. The van der Waals surface area contributed by atoms with Crippen molar-refractivity contribution >= 4 is 44.5 Å². The summed E-state index contributed by atoms with van der Waals surface area (Å²) in [6, 6.07) is 2.89. The Labute approximate surface area is 141 Å². The smallest absolute Gasteiger partial charge is 0.335 e. The summed E-state index contributed by atoms with van der Waals surface area (Å²) in [6.45, 7) is 0. The standard InChI is InChI=1S/C12H6BrClN4O2.HNO2/c13-7-4-18(11-9(7)10(14)16-5-17-11)8-3-6(12(19)20)1-2-15-8;2-1-3/h1-5H,(H,19,20);(H,2,3). The summed E-state index contributed by atoms with van der Waals surface area (Å²) in [5, 5.41) is 17.9. The van der Waals surface area contributed by atoms with Crippen molar-refractivity contribution in [3.63, 3.8) is 0 Å². The van der Waals surface area contributed by atoms with Crippen molar-refractivity contribution in [1.29, 1.82) is 0 Å². The van der Waals surface area contributed by atoms with Crippen LogP contribution in [0.2, 0.25) is 5.15 Å². The molecule has 11 heteroatoms. The Bertz CT molecular complexity index is 885. The molecule has 0 bridgehead atoms. The lowest BCUT2D eigenvalue weighted by Gasteiger charge is -2.04. The number of carbonyl (C=O) groups is 1. The summed E-state index contributed by atoms with van der Waals surface area (Å²) in [6.07, 6.45) is 4.50. The SMILES string of the molecule is O=C(O)c1ccnc(-n2cc(Br)c3c(Cl)ncnc32)c1.O=NO. The third-order valence-electron chi connectivity index (χ3n) is 2.73. The Hall–Kier alpha value is -2.59. The van der Waals surface area contributed by atoms with Crippen LogP contribution in [-0.2, 0) is 0 Å². The molecule has 0 aliphatic heterocycles. The van der Waals surface area contributed by atoms with Crippen molar-refractivity contribution in [3.8, 4) is 5.82 Å². The molecule has 9 nitrogen and oxygen atoms in total. The molecule has 0 aromatic carbocycles. The number of carboxylic acid groups (broad SMARTS) is 1. The van der Waals surface area contributed by atoms with Crippen molar-refractivity contribution < 1.29 is 15.1 Å². The molecule has 0 saturated carbocycles. The minimum Gasteiger partial charge on any atom is -0.478 e. The maximum Gasteiger partial charge on any atom is 0.335 e. The highest BCUT2D eigenvalue weighted by atomic mass is 79.9. The first-order valence-electron chi connectivity index (χ1n) is 5.83. The number of nitrogens with zero attached hydrogens (tertiary/aromatic N) is 5. The first kappa shape index (κ1) is 16.8. The second kappa shape index (κ2) is 7.11. The highest BCUT2D eigenvalue weighted by Gasteiger charge is 2.14. The summed E-state index contributed by atoms with van der Waals surface area (Å²) in [4.78, 5) is 31.4. The predicted molar refractivity (Wildman–Crippen MR) is 83.9 cm³/mol. The second-order valence-corrected chi connectivity index (χ2v) is 5.21. The molecular weight excluding hydrogens is 394 g/mol. The molecule has 0 aliphatic rings. The van der Waals surface area contributed by atoms with E-state index >= 15 is 0 Å². The summed E-state index contributed by atoms with van der Waals surface area (Å²) >= 11 is 9.42. The van der Waals surface area contributed by atoms with Crippen LogP contribution >= 0.6 is 27.5 Å². The lowest BCUT2D eigenvalue weighted by Crippen LogP contribution is -2.02. The molecule has 2 N–H and O–H groups in total. The lowest BCUT2D eigenvalue weighted by atomic mass is 10.2. The molecule has 0 spiro atoms. The monoisotopic (exact) mass is 399 g/mol. The van der Waals surface area contributed by atoms with Crippen LogP contribution in [0.15, 0.2) is 40.7 Å². The van der Waals surface area contributed by atoms with Gasteiger partial charge in [-0.05, 0) is 28.1 Å².